The predicted octanol–water partition coefficient (Wildman–Crippen LogP) is 3.49. The summed E-state index contributed by atoms with van der Waals surface area (Å²) < 4.78 is 1.26. The summed E-state index contributed by atoms with van der Waals surface area (Å²) in [6, 6.07) is 18.4. The van der Waals surface area contributed by atoms with Gasteiger partial charge >= 0.3 is 0 Å². The normalized spacial score (nSPS) is 15.5. The Morgan fingerprint density at radius 2 is 1.75 bits per heavy atom. The van der Waals surface area contributed by atoms with Gasteiger partial charge in [-0.2, -0.15) is 5.26 Å². The van der Waals surface area contributed by atoms with Gasteiger partial charge in [-0.25, -0.2) is 4.98 Å². The molecule has 0 bridgehead atoms. The third-order valence-corrected chi connectivity index (χ3v) is 5.51. The first-order valence-corrected chi connectivity index (χ1v) is 8.95. The maximum atomic E-state index is 8.87. The minimum absolute atomic E-state index is 0.722. The fourth-order valence-corrected chi connectivity index (χ4v) is 4.05. The Bertz CT molecular complexity index is 837. The number of para-hydroxylation sites is 1. The van der Waals surface area contributed by atoms with Crippen LogP contribution in [-0.4, -0.2) is 36.1 Å². The SMILES string of the molecule is N#Cc1ccc(CN2CCN(c3nc4ccccc4s3)CC2)cc1. The molecule has 120 valence electrons. The molecule has 4 nitrogen and oxygen atoms in total. The van der Waals surface area contributed by atoms with Crippen molar-refractivity contribution in [3.63, 3.8) is 0 Å². The number of anilines is 1. The highest BCUT2D eigenvalue weighted by atomic mass is 32.1. The molecule has 24 heavy (non-hydrogen) atoms. The van der Waals surface area contributed by atoms with Crippen LogP contribution in [0.3, 0.4) is 0 Å². The summed E-state index contributed by atoms with van der Waals surface area (Å²) in [6.45, 7) is 5.04. The molecule has 4 rings (SSSR count). The lowest BCUT2D eigenvalue weighted by Crippen LogP contribution is -2.45. The number of hydrogen-bond acceptors (Lipinski definition) is 5. The highest BCUT2D eigenvalue weighted by Gasteiger charge is 2.19. The van der Waals surface area contributed by atoms with Crippen molar-refractivity contribution in [2.75, 3.05) is 31.1 Å². The Hall–Kier alpha value is -2.42. The molecule has 0 atom stereocenters. The molecule has 2 heterocycles. The second-order valence-corrected chi connectivity index (χ2v) is 7.05. The molecule has 0 radical (unpaired) electrons. The summed E-state index contributed by atoms with van der Waals surface area (Å²) in [6.07, 6.45) is 0. The molecule has 5 heteroatoms. The van der Waals surface area contributed by atoms with Gasteiger partial charge < -0.3 is 4.90 Å². The molecule has 1 saturated heterocycles. The van der Waals surface area contributed by atoms with E-state index in [2.05, 4.69) is 46.2 Å². The van der Waals surface area contributed by atoms with Gasteiger partial charge in [-0.05, 0) is 29.8 Å². The number of nitriles is 1. The second-order valence-electron chi connectivity index (χ2n) is 6.04. The monoisotopic (exact) mass is 334 g/mol. The average Bonchev–Trinajstić information content (AvgIpc) is 3.07. The van der Waals surface area contributed by atoms with Crippen LogP contribution in [0.1, 0.15) is 11.1 Å². The molecule has 2 aromatic carbocycles. The first-order chi connectivity index (χ1) is 11.8. The van der Waals surface area contributed by atoms with E-state index in [0.717, 1.165) is 48.9 Å². The largest absolute Gasteiger partial charge is 0.345 e. The van der Waals surface area contributed by atoms with Gasteiger partial charge in [-0.1, -0.05) is 35.6 Å². The van der Waals surface area contributed by atoms with Crippen molar-refractivity contribution in [1.29, 1.82) is 5.26 Å². The molecule has 0 unspecified atom stereocenters. The van der Waals surface area contributed by atoms with E-state index in [1.54, 1.807) is 11.3 Å². The molecule has 0 saturated carbocycles. The van der Waals surface area contributed by atoms with Crippen LogP contribution >= 0.6 is 11.3 Å². The lowest BCUT2D eigenvalue weighted by molar-refractivity contribution is 0.250. The van der Waals surface area contributed by atoms with Gasteiger partial charge in [0.25, 0.3) is 0 Å². The van der Waals surface area contributed by atoms with Crippen LogP contribution in [0.15, 0.2) is 48.5 Å². The highest BCUT2D eigenvalue weighted by molar-refractivity contribution is 7.22. The quantitative estimate of drug-likeness (QED) is 0.735. The molecule has 0 spiro atoms. The molecule has 1 fully saturated rings. The number of nitrogens with zero attached hydrogens (tertiary/aromatic N) is 4. The van der Waals surface area contributed by atoms with Crippen LogP contribution in [0.2, 0.25) is 0 Å². The maximum Gasteiger partial charge on any atom is 0.186 e. The van der Waals surface area contributed by atoms with E-state index >= 15 is 0 Å². The Labute approximate surface area is 145 Å². The summed E-state index contributed by atoms with van der Waals surface area (Å²) in [7, 11) is 0. The van der Waals surface area contributed by atoms with E-state index in [1.807, 2.05) is 18.2 Å². The fraction of sp³-hybridized carbons (Fsp3) is 0.263. The van der Waals surface area contributed by atoms with Crippen molar-refractivity contribution >= 4 is 26.7 Å². The molecular formula is C19H18N4S. The van der Waals surface area contributed by atoms with Crippen molar-refractivity contribution in [3.05, 3.63) is 59.7 Å². The predicted molar refractivity (Wildman–Crippen MR) is 98.3 cm³/mol. The Morgan fingerprint density at radius 1 is 1.00 bits per heavy atom. The van der Waals surface area contributed by atoms with Crippen LogP contribution in [0.25, 0.3) is 10.2 Å². The lowest BCUT2D eigenvalue weighted by atomic mass is 10.1. The zero-order chi connectivity index (χ0) is 16.4. The summed E-state index contributed by atoms with van der Waals surface area (Å²) in [5, 5.41) is 10.0. The molecule has 1 aliphatic rings. The summed E-state index contributed by atoms with van der Waals surface area (Å²) >= 11 is 1.78. The van der Waals surface area contributed by atoms with Crippen molar-refractivity contribution in [3.8, 4) is 6.07 Å². The maximum absolute atomic E-state index is 8.87. The fourth-order valence-electron chi connectivity index (χ4n) is 3.04. The Morgan fingerprint density at radius 3 is 2.46 bits per heavy atom. The minimum Gasteiger partial charge on any atom is -0.345 e. The third-order valence-electron chi connectivity index (χ3n) is 4.41. The number of hydrogen-bond donors (Lipinski definition) is 0. The van der Waals surface area contributed by atoms with E-state index < -0.39 is 0 Å². The van der Waals surface area contributed by atoms with Gasteiger partial charge in [0.2, 0.25) is 0 Å². The van der Waals surface area contributed by atoms with E-state index in [0.29, 0.717) is 0 Å². The number of thiazole rings is 1. The first kappa shape index (κ1) is 15.1. The van der Waals surface area contributed by atoms with Crippen molar-refractivity contribution in [1.82, 2.24) is 9.88 Å². The summed E-state index contributed by atoms with van der Waals surface area (Å²) in [5.74, 6) is 0. The zero-order valence-electron chi connectivity index (χ0n) is 13.4. The van der Waals surface area contributed by atoms with E-state index in [4.69, 9.17) is 10.2 Å². The third kappa shape index (κ3) is 3.12. The highest BCUT2D eigenvalue weighted by Crippen LogP contribution is 2.29. The van der Waals surface area contributed by atoms with Crippen LogP contribution in [0, 0.1) is 11.3 Å². The van der Waals surface area contributed by atoms with E-state index in [1.165, 1.54) is 10.3 Å². The van der Waals surface area contributed by atoms with E-state index in [-0.39, 0.29) is 0 Å². The number of fused-ring (bicyclic) bond motifs is 1. The molecule has 1 aliphatic heterocycles. The van der Waals surface area contributed by atoms with Gasteiger partial charge in [0.15, 0.2) is 5.13 Å². The van der Waals surface area contributed by atoms with Gasteiger partial charge in [0, 0.05) is 32.7 Å². The summed E-state index contributed by atoms with van der Waals surface area (Å²) in [4.78, 5) is 9.61. The number of aromatic nitrogens is 1. The smallest absolute Gasteiger partial charge is 0.186 e. The summed E-state index contributed by atoms with van der Waals surface area (Å²) in [5.41, 5.74) is 3.08. The Kier molecular flexibility index (Phi) is 4.16. The number of piperazine rings is 1. The zero-order valence-corrected chi connectivity index (χ0v) is 14.2. The van der Waals surface area contributed by atoms with Gasteiger partial charge in [0.1, 0.15) is 0 Å². The van der Waals surface area contributed by atoms with Crippen LogP contribution < -0.4 is 4.90 Å². The van der Waals surface area contributed by atoms with Crippen molar-refractivity contribution < 1.29 is 0 Å². The second kappa shape index (κ2) is 6.60. The van der Waals surface area contributed by atoms with Crippen molar-refractivity contribution in [2.24, 2.45) is 0 Å². The molecule has 1 aromatic heterocycles. The Balaban J connectivity index is 1.38. The van der Waals surface area contributed by atoms with Crippen LogP contribution in [-0.2, 0) is 6.54 Å². The van der Waals surface area contributed by atoms with Gasteiger partial charge in [-0.3, -0.25) is 4.90 Å². The first-order valence-electron chi connectivity index (χ1n) is 8.14. The average molecular weight is 334 g/mol. The minimum atomic E-state index is 0.722. The van der Waals surface area contributed by atoms with Gasteiger partial charge in [-0.15, -0.1) is 0 Å². The van der Waals surface area contributed by atoms with E-state index in [9.17, 15) is 0 Å². The van der Waals surface area contributed by atoms with Crippen LogP contribution in [0.5, 0.6) is 0 Å². The number of rotatable bonds is 3. The molecule has 3 aromatic rings. The lowest BCUT2D eigenvalue weighted by Gasteiger charge is -2.34. The van der Waals surface area contributed by atoms with Crippen LogP contribution in [0.4, 0.5) is 5.13 Å². The topological polar surface area (TPSA) is 43.2 Å². The van der Waals surface area contributed by atoms with Gasteiger partial charge in [0.05, 0.1) is 21.8 Å². The molecular weight excluding hydrogens is 316 g/mol. The standard InChI is InChI=1S/C19H18N4S/c20-13-15-5-7-16(8-6-15)14-22-9-11-23(12-10-22)19-21-17-3-1-2-4-18(17)24-19/h1-8H,9-12,14H2. The number of benzene rings is 2. The van der Waals surface area contributed by atoms with Crippen molar-refractivity contribution in [2.45, 2.75) is 6.54 Å². The molecule has 0 amide bonds. The molecule has 0 aliphatic carbocycles. The molecule has 0 N–H and O–H groups in total.